The topological polar surface area (TPSA) is 82.5 Å². The summed E-state index contributed by atoms with van der Waals surface area (Å²) in [6.07, 6.45) is 0. The fourth-order valence-corrected chi connectivity index (χ4v) is 3.43. The van der Waals surface area contributed by atoms with Gasteiger partial charge in [-0.2, -0.15) is 5.10 Å². The van der Waals surface area contributed by atoms with Crippen LogP contribution in [0.2, 0.25) is 10.0 Å². The molecule has 0 saturated carbocycles. The van der Waals surface area contributed by atoms with E-state index < -0.39 is 5.97 Å². The van der Waals surface area contributed by atoms with Crippen LogP contribution in [-0.2, 0) is 11.4 Å². The molecule has 3 aromatic rings. The number of amidine groups is 1. The molecule has 3 rings (SSSR count). The van der Waals surface area contributed by atoms with Gasteiger partial charge in [0.05, 0.1) is 33.0 Å². The number of carbonyl (C=O) groups is 1. The van der Waals surface area contributed by atoms with Crippen LogP contribution in [0.4, 0.5) is 0 Å². The number of oxime groups is 1. The Labute approximate surface area is 186 Å². The monoisotopic (exact) mass is 494 g/mol. The molecule has 0 spiro atoms. The van der Waals surface area contributed by atoms with Gasteiger partial charge in [0, 0.05) is 10.6 Å². The minimum Gasteiger partial charge on any atom is -0.380 e. The Hall–Kier alpha value is -2.35. The van der Waals surface area contributed by atoms with Crippen LogP contribution in [0.25, 0.3) is 0 Å². The summed E-state index contributed by atoms with van der Waals surface area (Å²) in [7, 11) is 0. The van der Waals surface area contributed by atoms with E-state index in [0.29, 0.717) is 27.7 Å². The van der Waals surface area contributed by atoms with Gasteiger partial charge < -0.3 is 10.6 Å². The third kappa shape index (κ3) is 4.98. The van der Waals surface area contributed by atoms with Crippen LogP contribution < -0.4 is 5.73 Å². The minimum absolute atomic E-state index is 0.0215. The van der Waals surface area contributed by atoms with Gasteiger partial charge in [0.15, 0.2) is 5.84 Å². The van der Waals surface area contributed by atoms with Gasteiger partial charge in [-0.3, -0.25) is 4.68 Å². The average molecular weight is 496 g/mol. The van der Waals surface area contributed by atoms with Crippen molar-refractivity contribution in [1.29, 1.82) is 0 Å². The summed E-state index contributed by atoms with van der Waals surface area (Å²) in [5.41, 5.74) is 9.58. The summed E-state index contributed by atoms with van der Waals surface area (Å²) < 4.78 is 2.89. The highest BCUT2D eigenvalue weighted by Gasteiger charge is 2.12. The van der Waals surface area contributed by atoms with Crippen LogP contribution in [0.3, 0.4) is 0 Å². The van der Waals surface area contributed by atoms with Gasteiger partial charge in [0.25, 0.3) is 0 Å². The van der Waals surface area contributed by atoms with Crippen molar-refractivity contribution in [2.75, 3.05) is 0 Å². The summed E-state index contributed by atoms with van der Waals surface area (Å²) >= 11 is 15.4. The van der Waals surface area contributed by atoms with Gasteiger partial charge >= 0.3 is 5.97 Å². The number of benzene rings is 2. The summed E-state index contributed by atoms with van der Waals surface area (Å²) in [6, 6.07) is 11.8. The zero-order valence-electron chi connectivity index (χ0n) is 15.6. The third-order valence-corrected chi connectivity index (χ3v) is 5.94. The fourth-order valence-electron chi connectivity index (χ4n) is 2.64. The second-order valence-corrected chi connectivity index (χ2v) is 7.96. The predicted molar refractivity (Wildman–Crippen MR) is 118 cm³/mol. The number of nitrogens with zero attached hydrogens (tertiary/aromatic N) is 3. The van der Waals surface area contributed by atoms with E-state index in [-0.39, 0.29) is 5.84 Å². The van der Waals surface area contributed by atoms with Crippen LogP contribution in [0.15, 0.2) is 52.1 Å². The standard InChI is InChI=1S/C20H17BrCl2N4O2/c1-11-18(21)12(2)27(25-11)10-13-3-5-14(6-4-13)20(28)29-26-19(24)16-8-7-15(22)9-17(16)23/h3-9H,10H2,1-2H3,(H2,24,26). The van der Waals surface area contributed by atoms with Crippen molar-refractivity contribution in [3.05, 3.63) is 85.1 Å². The van der Waals surface area contributed by atoms with E-state index in [1.807, 2.05) is 30.7 Å². The number of hydrogen-bond donors (Lipinski definition) is 1. The van der Waals surface area contributed by atoms with Gasteiger partial charge in [-0.25, -0.2) is 4.79 Å². The molecular weight excluding hydrogens is 479 g/mol. The molecule has 0 saturated heterocycles. The van der Waals surface area contributed by atoms with Crippen molar-refractivity contribution < 1.29 is 9.63 Å². The first-order valence-corrected chi connectivity index (χ1v) is 10.1. The largest absolute Gasteiger partial charge is 0.380 e. The molecular formula is C20H17BrCl2N4O2. The van der Waals surface area contributed by atoms with Crippen LogP contribution in [0, 0.1) is 13.8 Å². The van der Waals surface area contributed by atoms with E-state index in [9.17, 15) is 4.79 Å². The van der Waals surface area contributed by atoms with Crippen LogP contribution in [0.5, 0.6) is 0 Å². The number of nitrogens with two attached hydrogens (primary N) is 1. The summed E-state index contributed by atoms with van der Waals surface area (Å²) in [5, 5.41) is 8.94. The first kappa shape index (κ1) is 21.4. The maximum atomic E-state index is 12.2. The average Bonchev–Trinajstić information content (AvgIpc) is 2.93. The molecule has 1 aromatic heterocycles. The number of carbonyl (C=O) groups excluding carboxylic acids is 1. The summed E-state index contributed by atoms with van der Waals surface area (Å²) in [5.74, 6) is -0.648. The molecule has 0 amide bonds. The molecule has 6 nitrogen and oxygen atoms in total. The highest BCUT2D eigenvalue weighted by molar-refractivity contribution is 9.10. The summed E-state index contributed by atoms with van der Waals surface area (Å²) in [6.45, 7) is 4.52. The number of aryl methyl sites for hydroxylation is 1. The third-order valence-electron chi connectivity index (χ3n) is 4.25. The first-order chi connectivity index (χ1) is 13.8. The number of hydrogen-bond acceptors (Lipinski definition) is 4. The van der Waals surface area contributed by atoms with Crippen LogP contribution in [-0.4, -0.2) is 21.6 Å². The Kier molecular flexibility index (Phi) is 6.62. The molecule has 2 aromatic carbocycles. The van der Waals surface area contributed by atoms with Gasteiger partial charge in [0.1, 0.15) is 0 Å². The SMILES string of the molecule is Cc1nn(Cc2ccc(C(=O)O/N=C(\N)c3ccc(Cl)cc3Cl)cc2)c(C)c1Br. The second kappa shape index (κ2) is 8.98. The fraction of sp³-hybridized carbons (Fsp3) is 0.150. The van der Waals surface area contributed by atoms with Crippen molar-refractivity contribution in [3.63, 3.8) is 0 Å². The molecule has 0 atom stereocenters. The smallest absolute Gasteiger partial charge is 0.365 e. The lowest BCUT2D eigenvalue weighted by atomic mass is 10.1. The number of aromatic nitrogens is 2. The Bertz CT molecular complexity index is 1090. The molecule has 0 unspecified atom stereocenters. The van der Waals surface area contributed by atoms with Crippen molar-refractivity contribution in [1.82, 2.24) is 9.78 Å². The van der Waals surface area contributed by atoms with E-state index in [2.05, 4.69) is 26.2 Å². The lowest BCUT2D eigenvalue weighted by Gasteiger charge is -2.06. The Morgan fingerprint density at radius 2 is 1.90 bits per heavy atom. The first-order valence-electron chi connectivity index (χ1n) is 8.55. The zero-order valence-corrected chi connectivity index (χ0v) is 18.7. The number of rotatable bonds is 5. The van der Waals surface area contributed by atoms with Gasteiger partial charge in [-0.15, -0.1) is 0 Å². The molecule has 0 radical (unpaired) electrons. The lowest BCUT2D eigenvalue weighted by molar-refractivity contribution is 0.0516. The van der Waals surface area contributed by atoms with Crippen LogP contribution in [0.1, 0.15) is 32.9 Å². The van der Waals surface area contributed by atoms with Crippen molar-refractivity contribution in [3.8, 4) is 0 Å². The normalized spacial score (nSPS) is 11.6. The molecule has 150 valence electrons. The van der Waals surface area contributed by atoms with E-state index in [1.54, 1.807) is 24.3 Å². The van der Waals surface area contributed by atoms with Gasteiger partial charge in [-0.1, -0.05) is 40.5 Å². The molecule has 0 aliphatic heterocycles. The molecule has 0 bridgehead atoms. The second-order valence-electron chi connectivity index (χ2n) is 6.32. The van der Waals surface area contributed by atoms with Crippen molar-refractivity contribution >= 4 is 50.9 Å². The van der Waals surface area contributed by atoms with Gasteiger partial charge in [-0.05, 0) is 65.7 Å². The Morgan fingerprint density at radius 3 is 2.48 bits per heavy atom. The van der Waals surface area contributed by atoms with E-state index >= 15 is 0 Å². The molecule has 9 heteroatoms. The molecule has 2 N–H and O–H groups in total. The van der Waals surface area contributed by atoms with Crippen LogP contribution >= 0.6 is 39.1 Å². The summed E-state index contributed by atoms with van der Waals surface area (Å²) in [4.78, 5) is 17.2. The molecule has 0 aliphatic carbocycles. The van der Waals surface area contributed by atoms with Gasteiger partial charge in [0.2, 0.25) is 0 Å². The lowest BCUT2D eigenvalue weighted by Crippen LogP contribution is -2.15. The maximum absolute atomic E-state index is 12.2. The molecule has 29 heavy (non-hydrogen) atoms. The molecule has 0 aliphatic rings. The highest BCUT2D eigenvalue weighted by atomic mass is 79.9. The van der Waals surface area contributed by atoms with Crippen molar-refractivity contribution in [2.24, 2.45) is 10.9 Å². The van der Waals surface area contributed by atoms with E-state index in [4.69, 9.17) is 33.8 Å². The van der Waals surface area contributed by atoms with Crippen molar-refractivity contribution in [2.45, 2.75) is 20.4 Å². The Morgan fingerprint density at radius 1 is 1.21 bits per heavy atom. The van der Waals surface area contributed by atoms with E-state index in [1.165, 1.54) is 6.07 Å². The quantitative estimate of drug-likeness (QED) is 0.231. The molecule has 1 heterocycles. The Balaban J connectivity index is 1.67. The highest BCUT2D eigenvalue weighted by Crippen LogP contribution is 2.22. The van der Waals surface area contributed by atoms with E-state index in [0.717, 1.165) is 21.4 Å². The minimum atomic E-state index is -0.626. The molecule has 0 fully saturated rings. The zero-order chi connectivity index (χ0) is 21.1. The predicted octanol–water partition coefficient (Wildman–Crippen LogP) is 5.09. The maximum Gasteiger partial charge on any atom is 0.365 e. The number of halogens is 3.